The van der Waals surface area contributed by atoms with Gasteiger partial charge in [-0.25, -0.2) is 33.2 Å². The SMILES string of the molecule is Cn1c[n+]([C@@H]2O[C@H](COP(=O)(O)OP(=O)(O)OP(=O)(O)O[13CH2][13C@H]3O[13C@@H]([15n]4[13cH][15n][13c]5[13c]([15NH2])[15n][13cH][15n][13c]54)[13C@H](O)[13C@@H]3O)[C@@H](O)[C@H]2O)c2nc(N)[nH]c(=O)c21. The van der Waals surface area contributed by atoms with Crippen LogP contribution in [0.15, 0.2) is 23.8 Å². The van der Waals surface area contributed by atoms with Gasteiger partial charge in [0.05, 0.1) is 26.6 Å². The Bertz CT molecular complexity index is 2160. The number of nitrogens with two attached hydrogens (primary N) is 2. The first-order chi connectivity index (χ1) is 23.8. The molecular formula is C21H30N10O17P3+. The highest BCUT2D eigenvalue weighted by molar-refractivity contribution is 7.66. The number of aromatic nitrogens is 8. The van der Waals surface area contributed by atoms with E-state index in [1.165, 1.54) is 28.8 Å². The van der Waals surface area contributed by atoms with E-state index in [-0.39, 0.29) is 34.1 Å². The van der Waals surface area contributed by atoms with Crippen molar-refractivity contribution >= 4 is 57.6 Å². The first-order valence-electron chi connectivity index (χ1n) is 14.2. The van der Waals surface area contributed by atoms with Crippen molar-refractivity contribution in [3.8, 4) is 0 Å². The molecule has 2 saturated heterocycles. The van der Waals surface area contributed by atoms with Crippen LogP contribution >= 0.6 is 23.5 Å². The lowest BCUT2D eigenvalue weighted by molar-refractivity contribution is -0.745. The molecule has 6 rings (SSSR count). The number of ether oxygens (including phenoxy) is 2. The van der Waals surface area contributed by atoms with E-state index in [2.05, 4.69) is 42.6 Å². The van der Waals surface area contributed by atoms with Gasteiger partial charge < -0.3 is 56.0 Å². The van der Waals surface area contributed by atoms with Gasteiger partial charge in [0.2, 0.25) is 11.7 Å². The summed E-state index contributed by atoms with van der Waals surface area (Å²) in [5.41, 5.74) is 10.9. The highest BCUT2D eigenvalue weighted by Gasteiger charge is 2.50. The number of aryl methyl sites for hydroxylation is 1. The molecule has 2 fully saturated rings. The number of aliphatic hydroxyl groups excluding tert-OH is 4. The summed E-state index contributed by atoms with van der Waals surface area (Å²) in [6.07, 6.45) is -9.32. The molecule has 4 aromatic rings. The van der Waals surface area contributed by atoms with Crippen molar-refractivity contribution in [2.24, 2.45) is 7.05 Å². The number of nitrogen functional groups attached to an aromatic ring is 2. The van der Waals surface area contributed by atoms with Crippen LogP contribution in [0.1, 0.15) is 12.5 Å². The van der Waals surface area contributed by atoms with Crippen molar-refractivity contribution in [3.63, 3.8) is 0 Å². The molecule has 0 radical (unpaired) electrons. The van der Waals surface area contributed by atoms with Crippen LogP contribution in [0.4, 0.5) is 11.8 Å². The van der Waals surface area contributed by atoms with Gasteiger partial charge >= 0.3 is 29.1 Å². The molecule has 0 aliphatic carbocycles. The Morgan fingerprint density at radius 1 is 0.902 bits per heavy atom. The molecule has 4 aromatic heterocycles. The largest absolute Gasteiger partial charge is 0.490 e. The summed E-state index contributed by atoms with van der Waals surface area (Å²) in [5.74, 6) is -0.263. The summed E-state index contributed by atoms with van der Waals surface area (Å²) >= 11 is 0. The maximum Gasteiger partial charge on any atom is 0.490 e. The Balaban J connectivity index is 1.04. The van der Waals surface area contributed by atoms with E-state index < -0.39 is 91.3 Å². The average Bonchev–Trinajstić information content (AvgIpc) is 3.74. The summed E-state index contributed by atoms with van der Waals surface area (Å²) in [6, 6.07) is 0. The monoisotopic (exact) mass is 802 g/mol. The van der Waals surface area contributed by atoms with Gasteiger partial charge in [0.1, 0.15) is 48.5 Å². The average molecular weight is 802 g/mol. The molecule has 27 nitrogen and oxygen atoms in total. The van der Waals surface area contributed by atoms with Gasteiger partial charge in [0.25, 0.3) is 11.5 Å². The molecule has 11 atom stereocenters. The van der Waals surface area contributed by atoms with Crippen LogP contribution in [0, 0.1) is 0 Å². The predicted molar refractivity (Wildman–Crippen MR) is 161 cm³/mol. The molecule has 0 bridgehead atoms. The molecule has 0 spiro atoms. The Hall–Kier alpha value is -3.33. The molecule has 0 aromatic carbocycles. The highest BCUT2D eigenvalue weighted by Crippen LogP contribution is 2.67. The van der Waals surface area contributed by atoms with Gasteiger partial charge in [-0.3, -0.25) is 28.0 Å². The minimum atomic E-state index is -5.97. The lowest BCUT2D eigenvalue weighted by atomic mass is 10.1. The normalized spacial score (nSPS) is 30.4. The fourth-order valence-electron chi connectivity index (χ4n) is 5.36. The van der Waals surface area contributed by atoms with Gasteiger partial charge in [0.15, 0.2) is 24.0 Å². The standard InChI is InChI=1S/C21H29N10O17P3/c1-29-6-31(17-10(29)18(36)28-21(23)27-17)20-14(35)12(33)8(46-20)3-44-50(39,40)48-51(41,42)47-49(37,38)43-2-7-11(32)13(34)19(45-7)30-5-26-9-15(22)24-4-25-16(9)30/h4-8,11-14,19-20,32-35H,2-3H2,1H3,(H7-,22,23,24,25,27,28,36,37,38,39,40,41,42)/p+1/t7-,8-,11-,12-,13-,14-,19-,20-/m1/s1/i2+1,4+1,5+1,7+1,9+1,11+1,13+1,15+1,16+1,19+1,22+1,24+1,25+1,26+1,30+1. The molecule has 12 N–H and O–H groups in total. The molecule has 0 amide bonds. The second kappa shape index (κ2) is 13.6. The van der Waals surface area contributed by atoms with E-state index in [1.54, 1.807) is 0 Å². The van der Waals surface area contributed by atoms with Crippen LogP contribution in [0.25, 0.3) is 22.3 Å². The first kappa shape index (κ1) is 37.4. The molecule has 0 saturated carbocycles. The Kier molecular flexibility index (Phi) is 9.96. The van der Waals surface area contributed by atoms with Crippen LogP contribution in [0.2, 0.25) is 0 Å². The zero-order valence-corrected chi connectivity index (χ0v) is 28.3. The van der Waals surface area contributed by atoms with Gasteiger partial charge in [-0.1, -0.05) is 4.98 Å². The molecule has 51 heavy (non-hydrogen) atoms. The van der Waals surface area contributed by atoms with Crippen LogP contribution in [0.5, 0.6) is 0 Å². The van der Waals surface area contributed by atoms with Crippen molar-refractivity contribution in [2.75, 3.05) is 24.7 Å². The maximum absolute atomic E-state index is 12.5. The zero-order valence-electron chi connectivity index (χ0n) is 25.6. The van der Waals surface area contributed by atoms with E-state index in [0.717, 1.165) is 10.9 Å². The summed E-state index contributed by atoms with van der Waals surface area (Å²) in [4.78, 5) is 60.4. The topological polar surface area (TPSA) is 398 Å². The lowest BCUT2D eigenvalue weighted by Crippen LogP contribution is -2.46. The van der Waals surface area contributed by atoms with E-state index in [9.17, 15) is 53.6 Å². The molecule has 2 aliphatic heterocycles. The molecule has 280 valence electrons. The molecule has 3 unspecified atom stereocenters. The van der Waals surface area contributed by atoms with Crippen molar-refractivity contribution in [2.45, 2.75) is 49.1 Å². The smallest absolute Gasteiger partial charge is 0.387 e. The second-order valence-corrected chi connectivity index (χ2v) is 15.7. The fraction of sp³-hybridized carbons (Fsp3) is 0.524. The number of hydrogen-bond donors (Lipinski definition) is 10. The van der Waals surface area contributed by atoms with Crippen LogP contribution < -0.4 is 21.6 Å². The number of H-pyrrole nitrogens is 1. The van der Waals surface area contributed by atoms with Crippen LogP contribution in [-0.4, -0.2) is 119 Å². The summed E-state index contributed by atoms with van der Waals surface area (Å²) < 4.78 is 69.4. The number of nitrogens with one attached hydrogen (secondary N) is 1. The molecule has 30 heteroatoms. The number of nitrogens with zero attached hydrogens (tertiary/aromatic N) is 7. The number of phosphoric acid groups is 3. The summed E-state index contributed by atoms with van der Waals surface area (Å²) in [7, 11) is -15.8. The number of rotatable bonds is 12. The van der Waals surface area contributed by atoms with E-state index in [0.29, 0.717) is 0 Å². The number of aliphatic hydroxyl groups is 4. The Labute approximate surface area is 282 Å². The Morgan fingerprint density at radius 3 is 2.16 bits per heavy atom. The second-order valence-electron chi connectivity index (χ2n) is 11.1. The van der Waals surface area contributed by atoms with Crippen LogP contribution in [-0.2, 0) is 47.9 Å². The first-order valence-corrected chi connectivity index (χ1v) is 18.7. The summed E-state index contributed by atoms with van der Waals surface area (Å²) in [6.45, 7) is -2.10. The van der Waals surface area contributed by atoms with Crippen molar-refractivity contribution < 1.29 is 80.5 Å². The van der Waals surface area contributed by atoms with Gasteiger partial charge in [-0.05, 0) is 0 Å². The van der Waals surface area contributed by atoms with E-state index in [1.807, 2.05) is 0 Å². The summed E-state index contributed by atoms with van der Waals surface area (Å²) in [5, 5.41) is 42.0. The highest BCUT2D eigenvalue weighted by atomic mass is 31.3. The van der Waals surface area contributed by atoms with Gasteiger partial charge in [0, 0.05) is 0 Å². The van der Waals surface area contributed by atoms with Crippen molar-refractivity contribution in [1.82, 2.24) is 34.1 Å². The van der Waals surface area contributed by atoms with E-state index in [4.69, 9.17) is 20.9 Å². The van der Waals surface area contributed by atoms with Crippen molar-refractivity contribution in [1.29, 1.82) is 0 Å². The fourth-order valence-corrected chi connectivity index (χ4v) is 8.88. The number of hydrogen-bond acceptors (Lipinski definition) is 20. The quantitative estimate of drug-likeness (QED) is 0.0284. The van der Waals surface area contributed by atoms with Crippen molar-refractivity contribution in [3.05, 3.63) is 29.3 Å². The molecular weight excluding hydrogens is 772 g/mol. The zero-order chi connectivity index (χ0) is 37.2. The van der Waals surface area contributed by atoms with E-state index >= 15 is 0 Å². The van der Waals surface area contributed by atoms with Crippen LogP contribution in [0.3, 0.4) is 0 Å². The third-order valence-corrected chi connectivity index (χ3v) is 11.9. The minimum absolute atomic E-state index is 0.00946. The number of anilines is 2. The maximum atomic E-state index is 12.5. The third kappa shape index (κ3) is 7.47. The molecule has 2 aliphatic rings. The number of phosphoric ester groups is 2. The molecule has 6 heterocycles. The lowest BCUT2D eigenvalue weighted by Gasteiger charge is -2.21. The predicted octanol–water partition coefficient (Wildman–Crippen LogP) is -3.84. The number of fused-ring (bicyclic) bond motifs is 2. The number of aromatic amines is 1. The third-order valence-electron chi connectivity index (χ3n) is 7.62. The number of imidazole rings is 2. The Morgan fingerprint density at radius 2 is 1.51 bits per heavy atom. The van der Waals surface area contributed by atoms with Gasteiger partial charge in [-0.2, -0.15) is 8.62 Å². The van der Waals surface area contributed by atoms with Gasteiger partial charge in [-0.15, -0.1) is 0 Å². The minimum Gasteiger partial charge on any atom is -0.387 e.